The fraction of sp³-hybridized carbons (Fsp3) is 0.538. The predicted octanol–water partition coefficient (Wildman–Crippen LogP) is 1.56. The molecule has 1 fully saturated rings. The molecule has 1 aromatic heterocycles. The summed E-state index contributed by atoms with van der Waals surface area (Å²) < 4.78 is 5.68. The first-order chi connectivity index (χ1) is 8.74. The summed E-state index contributed by atoms with van der Waals surface area (Å²) in [7, 11) is 0. The molecule has 0 unspecified atom stereocenters. The highest BCUT2D eigenvalue weighted by atomic mass is 16.5. The van der Waals surface area contributed by atoms with Crippen molar-refractivity contribution in [3.8, 4) is 0 Å². The third-order valence-corrected chi connectivity index (χ3v) is 3.28. The zero-order valence-corrected chi connectivity index (χ0v) is 10.4. The number of aromatic nitrogens is 1. The van der Waals surface area contributed by atoms with Crippen molar-refractivity contribution in [1.82, 2.24) is 4.98 Å². The van der Waals surface area contributed by atoms with Crippen molar-refractivity contribution in [1.29, 1.82) is 0 Å². The quantitative estimate of drug-likeness (QED) is 0.253. The van der Waals surface area contributed by atoms with Gasteiger partial charge in [-0.1, -0.05) is 11.2 Å². The molecule has 1 aliphatic carbocycles. The molecule has 0 bridgehead atoms. The molecule has 0 aromatic carbocycles. The minimum absolute atomic E-state index is 0.112. The molecule has 0 saturated heterocycles. The summed E-state index contributed by atoms with van der Waals surface area (Å²) in [5.74, 6) is 0.292. The van der Waals surface area contributed by atoms with Crippen LogP contribution in [0.25, 0.3) is 0 Å². The van der Waals surface area contributed by atoms with Crippen molar-refractivity contribution in [2.45, 2.75) is 25.7 Å². The number of nitrogens with two attached hydrogens (primary N) is 1. The first-order valence-electron chi connectivity index (χ1n) is 6.18. The Morgan fingerprint density at radius 1 is 1.50 bits per heavy atom. The normalized spacial score (nSPS) is 17.7. The lowest BCUT2D eigenvalue weighted by atomic mass is 10.0. The van der Waals surface area contributed by atoms with Crippen molar-refractivity contribution < 1.29 is 9.94 Å². The van der Waals surface area contributed by atoms with E-state index < -0.39 is 0 Å². The molecule has 18 heavy (non-hydrogen) atoms. The maximum Gasteiger partial charge on any atom is 0.139 e. The van der Waals surface area contributed by atoms with Gasteiger partial charge in [0.05, 0.1) is 13.2 Å². The lowest BCUT2D eigenvalue weighted by Crippen LogP contribution is -2.22. The number of nitrogens with zero attached hydrogens (tertiary/aromatic N) is 2. The van der Waals surface area contributed by atoms with Gasteiger partial charge in [-0.2, -0.15) is 0 Å². The fourth-order valence-electron chi connectivity index (χ4n) is 1.98. The van der Waals surface area contributed by atoms with E-state index in [0.29, 0.717) is 25.5 Å². The Morgan fingerprint density at radius 3 is 2.94 bits per heavy atom. The van der Waals surface area contributed by atoms with E-state index in [2.05, 4.69) is 10.1 Å². The molecule has 0 atom stereocenters. The summed E-state index contributed by atoms with van der Waals surface area (Å²) in [6.07, 6.45) is 5.41. The van der Waals surface area contributed by atoms with E-state index in [4.69, 9.17) is 15.7 Å². The molecule has 1 saturated carbocycles. The molecule has 0 aliphatic heterocycles. The van der Waals surface area contributed by atoms with E-state index >= 15 is 0 Å². The van der Waals surface area contributed by atoms with E-state index in [-0.39, 0.29) is 5.41 Å². The first-order valence-corrected chi connectivity index (χ1v) is 6.18. The number of hydrogen-bond donors (Lipinski definition) is 2. The molecule has 0 amide bonds. The van der Waals surface area contributed by atoms with Crippen LogP contribution in [0, 0.1) is 5.41 Å². The van der Waals surface area contributed by atoms with Gasteiger partial charge in [-0.25, -0.2) is 0 Å². The maximum atomic E-state index is 8.56. The van der Waals surface area contributed by atoms with Gasteiger partial charge in [0.1, 0.15) is 5.84 Å². The standard InChI is InChI=1S/C13H19N3O2/c14-12(16-17)9-13(5-6-13)10-18-8-4-11-3-1-2-7-15-11/h1-3,7,17H,4-6,8-10H2,(H2,14,16). The summed E-state index contributed by atoms with van der Waals surface area (Å²) in [4.78, 5) is 4.24. The average Bonchev–Trinajstić information content (AvgIpc) is 3.16. The number of amidine groups is 1. The Hall–Kier alpha value is -1.62. The summed E-state index contributed by atoms with van der Waals surface area (Å²) in [5, 5.41) is 11.6. The van der Waals surface area contributed by atoms with Crippen LogP contribution in [0.15, 0.2) is 29.6 Å². The number of ether oxygens (including phenoxy) is 1. The second-order valence-electron chi connectivity index (χ2n) is 4.89. The molecular formula is C13H19N3O2. The van der Waals surface area contributed by atoms with Crippen molar-refractivity contribution in [3.63, 3.8) is 0 Å². The molecule has 2 rings (SSSR count). The third kappa shape index (κ3) is 3.70. The van der Waals surface area contributed by atoms with E-state index in [9.17, 15) is 0 Å². The highest BCUT2D eigenvalue weighted by Gasteiger charge is 2.43. The SMILES string of the molecule is NC(CC1(COCCc2ccccn2)CC1)=NO. The molecule has 0 spiro atoms. The van der Waals surface area contributed by atoms with Crippen molar-refractivity contribution >= 4 is 5.84 Å². The fourth-order valence-corrected chi connectivity index (χ4v) is 1.98. The van der Waals surface area contributed by atoms with Gasteiger partial charge in [0.15, 0.2) is 0 Å². The van der Waals surface area contributed by atoms with Crippen LogP contribution in [0.2, 0.25) is 0 Å². The minimum Gasteiger partial charge on any atom is -0.409 e. The van der Waals surface area contributed by atoms with E-state index in [1.165, 1.54) is 0 Å². The van der Waals surface area contributed by atoms with Gasteiger partial charge in [-0.15, -0.1) is 0 Å². The van der Waals surface area contributed by atoms with Crippen LogP contribution in [0.1, 0.15) is 25.0 Å². The lowest BCUT2D eigenvalue weighted by molar-refractivity contribution is 0.0941. The van der Waals surface area contributed by atoms with Gasteiger partial charge in [0.2, 0.25) is 0 Å². The van der Waals surface area contributed by atoms with Crippen LogP contribution in [0.3, 0.4) is 0 Å². The second kappa shape index (κ2) is 5.82. The summed E-state index contributed by atoms with van der Waals surface area (Å²) in [5.41, 5.74) is 6.68. The van der Waals surface area contributed by atoms with E-state index in [0.717, 1.165) is 25.0 Å². The molecule has 1 aromatic rings. The zero-order chi connectivity index (χ0) is 12.8. The van der Waals surface area contributed by atoms with E-state index in [1.807, 2.05) is 18.2 Å². The van der Waals surface area contributed by atoms with Crippen LogP contribution in [-0.2, 0) is 11.2 Å². The van der Waals surface area contributed by atoms with Crippen LogP contribution in [-0.4, -0.2) is 29.2 Å². The summed E-state index contributed by atoms with van der Waals surface area (Å²) >= 11 is 0. The van der Waals surface area contributed by atoms with Gasteiger partial charge in [0, 0.05) is 30.1 Å². The second-order valence-corrected chi connectivity index (χ2v) is 4.89. The Morgan fingerprint density at radius 2 is 2.33 bits per heavy atom. The van der Waals surface area contributed by atoms with Gasteiger partial charge >= 0.3 is 0 Å². The first kappa shape index (κ1) is 12.8. The highest BCUT2D eigenvalue weighted by Crippen LogP contribution is 2.48. The van der Waals surface area contributed by atoms with Crippen molar-refractivity contribution in [3.05, 3.63) is 30.1 Å². The summed E-state index contributed by atoms with van der Waals surface area (Å²) in [6, 6.07) is 5.87. The molecule has 5 heteroatoms. The Bertz CT molecular complexity index is 402. The molecule has 98 valence electrons. The van der Waals surface area contributed by atoms with Crippen molar-refractivity contribution in [2.24, 2.45) is 16.3 Å². The van der Waals surface area contributed by atoms with Gasteiger partial charge < -0.3 is 15.7 Å². The molecule has 3 N–H and O–H groups in total. The number of rotatable bonds is 7. The number of oxime groups is 1. The maximum absolute atomic E-state index is 8.56. The largest absolute Gasteiger partial charge is 0.409 e. The van der Waals surface area contributed by atoms with Crippen LogP contribution in [0.4, 0.5) is 0 Å². The molecule has 1 aliphatic rings. The Labute approximate surface area is 107 Å². The van der Waals surface area contributed by atoms with Crippen LogP contribution >= 0.6 is 0 Å². The average molecular weight is 249 g/mol. The van der Waals surface area contributed by atoms with Gasteiger partial charge in [-0.05, 0) is 25.0 Å². The zero-order valence-electron chi connectivity index (χ0n) is 10.4. The van der Waals surface area contributed by atoms with Crippen molar-refractivity contribution in [2.75, 3.05) is 13.2 Å². The molecular weight excluding hydrogens is 230 g/mol. The Kier molecular flexibility index (Phi) is 4.15. The smallest absolute Gasteiger partial charge is 0.139 e. The summed E-state index contributed by atoms with van der Waals surface area (Å²) in [6.45, 7) is 1.34. The highest BCUT2D eigenvalue weighted by molar-refractivity contribution is 5.80. The molecule has 0 radical (unpaired) electrons. The van der Waals surface area contributed by atoms with E-state index in [1.54, 1.807) is 6.20 Å². The monoisotopic (exact) mass is 249 g/mol. The van der Waals surface area contributed by atoms with Crippen LogP contribution < -0.4 is 5.73 Å². The van der Waals surface area contributed by atoms with Gasteiger partial charge in [0.25, 0.3) is 0 Å². The topological polar surface area (TPSA) is 80.7 Å². The number of pyridine rings is 1. The number of hydrogen-bond acceptors (Lipinski definition) is 4. The molecule has 1 heterocycles. The molecule has 5 nitrogen and oxygen atoms in total. The third-order valence-electron chi connectivity index (χ3n) is 3.28. The van der Waals surface area contributed by atoms with Gasteiger partial charge in [-0.3, -0.25) is 4.98 Å². The minimum atomic E-state index is 0.112. The predicted molar refractivity (Wildman–Crippen MR) is 68.5 cm³/mol. The Balaban J connectivity index is 1.67. The van der Waals surface area contributed by atoms with Crippen LogP contribution in [0.5, 0.6) is 0 Å². The lowest BCUT2D eigenvalue weighted by Gasteiger charge is -2.14.